The normalized spacial score (nSPS) is 10.2. The Morgan fingerprint density at radius 2 is 1.72 bits per heavy atom. The highest BCUT2D eigenvalue weighted by molar-refractivity contribution is 6.33. The molecule has 2 aromatic rings. The van der Waals surface area contributed by atoms with Crippen molar-refractivity contribution in [1.29, 1.82) is 0 Å². The maximum absolute atomic E-state index is 12.2. The van der Waals surface area contributed by atoms with Gasteiger partial charge in [-0.1, -0.05) is 11.6 Å². The van der Waals surface area contributed by atoms with Gasteiger partial charge in [-0.25, -0.2) is 0 Å². The number of nitrogens with one attached hydrogen (secondary N) is 1. The monoisotopic (exact) mass is 361 g/mol. The van der Waals surface area contributed by atoms with Crippen molar-refractivity contribution in [1.82, 2.24) is 0 Å². The third-order valence-corrected chi connectivity index (χ3v) is 3.83. The third-order valence-electron chi connectivity index (χ3n) is 3.52. The van der Waals surface area contributed by atoms with Crippen LogP contribution in [0.1, 0.15) is 30.1 Å². The fourth-order valence-electron chi connectivity index (χ4n) is 2.21. The molecule has 25 heavy (non-hydrogen) atoms. The topological polar surface area (TPSA) is 64.6 Å². The van der Waals surface area contributed by atoms with Crippen LogP contribution in [-0.2, 0) is 4.79 Å². The molecule has 0 aliphatic carbocycles. The van der Waals surface area contributed by atoms with Crippen molar-refractivity contribution in [2.24, 2.45) is 0 Å². The quantitative estimate of drug-likeness (QED) is 0.710. The molecular formula is C19H20ClNO4. The summed E-state index contributed by atoms with van der Waals surface area (Å²) in [6.45, 7) is 2.47. The first kappa shape index (κ1) is 18.8. The van der Waals surface area contributed by atoms with Gasteiger partial charge in [0.25, 0.3) is 0 Å². The van der Waals surface area contributed by atoms with E-state index in [1.165, 1.54) is 7.11 Å². The average molecular weight is 362 g/mol. The van der Waals surface area contributed by atoms with E-state index in [-0.39, 0.29) is 24.5 Å². The number of amides is 1. The summed E-state index contributed by atoms with van der Waals surface area (Å²) in [6.07, 6.45) is 0.196. The van der Waals surface area contributed by atoms with Crippen molar-refractivity contribution in [2.75, 3.05) is 19.0 Å². The minimum absolute atomic E-state index is 0.0778. The maximum Gasteiger partial charge on any atom is 0.224 e. The second-order valence-corrected chi connectivity index (χ2v) is 5.68. The van der Waals surface area contributed by atoms with Crippen molar-refractivity contribution in [3.63, 3.8) is 0 Å². The zero-order valence-electron chi connectivity index (χ0n) is 14.2. The standard InChI is InChI=1S/C19H20ClNO4/c1-3-25-14-6-4-13(5-7-14)18(22)10-11-19(23)21-17-9-8-15(24-2)12-16(17)20/h4-9,12H,3,10-11H2,1-2H3,(H,21,23). The van der Waals surface area contributed by atoms with Gasteiger partial charge in [0, 0.05) is 24.5 Å². The van der Waals surface area contributed by atoms with Gasteiger partial charge in [0.1, 0.15) is 11.5 Å². The van der Waals surface area contributed by atoms with Crippen LogP contribution in [0.4, 0.5) is 5.69 Å². The van der Waals surface area contributed by atoms with Gasteiger partial charge in [0.2, 0.25) is 5.91 Å². The van der Waals surface area contributed by atoms with Crippen molar-refractivity contribution in [3.05, 3.63) is 53.1 Å². The van der Waals surface area contributed by atoms with Crippen LogP contribution in [0.25, 0.3) is 0 Å². The Balaban J connectivity index is 1.87. The first-order valence-corrected chi connectivity index (χ1v) is 8.30. The average Bonchev–Trinajstić information content (AvgIpc) is 2.62. The molecular weight excluding hydrogens is 342 g/mol. The van der Waals surface area contributed by atoms with Crippen LogP contribution in [-0.4, -0.2) is 25.4 Å². The number of anilines is 1. The van der Waals surface area contributed by atoms with Crippen molar-refractivity contribution >= 4 is 29.0 Å². The van der Waals surface area contributed by atoms with E-state index in [1.54, 1.807) is 42.5 Å². The van der Waals surface area contributed by atoms with E-state index >= 15 is 0 Å². The van der Waals surface area contributed by atoms with Crippen molar-refractivity contribution < 1.29 is 19.1 Å². The summed E-state index contributed by atoms with van der Waals surface area (Å²) >= 11 is 6.08. The van der Waals surface area contributed by atoms with Gasteiger partial charge in [-0.2, -0.15) is 0 Å². The van der Waals surface area contributed by atoms with Gasteiger partial charge >= 0.3 is 0 Å². The highest BCUT2D eigenvalue weighted by atomic mass is 35.5. The fraction of sp³-hybridized carbons (Fsp3) is 0.263. The maximum atomic E-state index is 12.2. The predicted molar refractivity (Wildman–Crippen MR) is 97.8 cm³/mol. The lowest BCUT2D eigenvalue weighted by Crippen LogP contribution is -2.13. The van der Waals surface area contributed by atoms with Gasteiger partial charge in [0.05, 0.1) is 24.4 Å². The summed E-state index contributed by atoms with van der Waals surface area (Å²) in [5.74, 6) is 0.949. The van der Waals surface area contributed by atoms with E-state index in [2.05, 4.69) is 5.32 Å². The molecule has 0 aliphatic rings. The Bertz CT molecular complexity index is 744. The summed E-state index contributed by atoms with van der Waals surface area (Å²) in [5.41, 5.74) is 1.04. The van der Waals surface area contributed by atoms with Crippen LogP contribution in [0.3, 0.4) is 0 Å². The number of carbonyl (C=O) groups excluding carboxylic acids is 2. The largest absolute Gasteiger partial charge is 0.497 e. The zero-order valence-corrected chi connectivity index (χ0v) is 14.9. The van der Waals surface area contributed by atoms with E-state index in [9.17, 15) is 9.59 Å². The summed E-state index contributed by atoms with van der Waals surface area (Å²) in [6, 6.07) is 11.9. The lowest BCUT2D eigenvalue weighted by molar-refractivity contribution is -0.116. The van der Waals surface area contributed by atoms with Gasteiger partial charge < -0.3 is 14.8 Å². The van der Waals surface area contributed by atoms with Gasteiger partial charge in [-0.3, -0.25) is 9.59 Å². The molecule has 0 unspecified atom stereocenters. The van der Waals surface area contributed by atoms with E-state index in [0.29, 0.717) is 34.4 Å². The molecule has 6 heteroatoms. The van der Waals surface area contributed by atoms with Gasteiger partial charge in [0.15, 0.2) is 5.78 Å². The van der Waals surface area contributed by atoms with Gasteiger partial charge in [-0.15, -0.1) is 0 Å². The fourth-order valence-corrected chi connectivity index (χ4v) is 2.43. The molecule has 5 nitrogen and oxygen atoms in total. The number of rotatable bonds is 8. The molecule has 0 atom stereocenters. The number of methoxy groups -OCH3 is 1. The number of benzene rings is 2. The van der Waals surface area contributed by atoms with Crippen LogP contribution in [0.2, 0.25) is 5.02 Å². The molecule has 1 N–H and O–H groups in total. The van der Waals surface area contributed by atoms with Crippen LogP contribution in [0.5, 0.6) is 11.5 Å². The Labute approximate surface area is 151 Å². The Kier molecular flexibility index (Phi) is 6.83. The molecule has 0 bridgehead atoms. The predicted octanol–water partition coefficient (Wildman–Crippen LogP) is 4.35. The second kappa shape index (κ2) is 9.08. The molecule has 0 saturated heterocycles. The Hall–Kier alpha value is -2.53. The van der Waals surface area contributed by atoms with Crippen molar-refractivity contribution in [2.45, 2.75) is 19.8 Å². The molecule has 0 aromatic heterocycles. The summed E-state index contributed by atoms with van der Waals surface area (Å²) < 4.78 is 10.4. The van der Waals surface area contributed by atoms with Crippen LogP contribution < -0.4 is 14.8 Å². The van der Waals surface area contributed by atoms with Crippen LogP contribution >= 0.6 is 11.6 Å². The molecule has 1 amide bonds. The SMILES string of the molecule is CCOc1ccc(C(=O)CCC(=O)Nc2ccc(OC)cc2Cl)cc1. The molecule has 132 valence electrons. The van der Waals surface area contributed by atoms with Gasteiger partial charge in [-0.05, 0) is 43.3 Å². The first-order valence-electron chi connectivity index (χ1n) is 7.93. The smallest absolute Gasteiger partial charge is 0.224 e. The summed E-state index contributed by atoms with van der Waals surface area (Å²) in [5, 5.41) is 3.08. The molecule has 0 aliphatic heterocycles. The summed E-state index contributed by atoms with van der Waals surface area (Å²) in [4.78, 5) is 24.2. The van der Waals surface area contributed by atoms with Crippen LogP contribution in [0.15, 0.2) is 42.5 Å². The molecule has 0 fully saturated rings. The minimum Gasteiger partial charge on any atom is -0.497 e. The number of halogens is 1. The lowest BCUT2D eigenvalue weighted by Gasteiger charge is -2.09. The number of hydrogen-bond donors (Lipinski definition) is 1. The number of ketones is 1. The van der Waals surface area contributed by atoms with Crippen LogP contribution in [0, 0.1) is 0 Å². The molecule has 2 rings (SSSR count). The minimum atomic E-state index is -0.272. The number of carbonyl (C=O) groups is 2. The number of hydrogen-bond acceptors (Lipinski definition) is 4. The van der Waals surface area contributed by atoms with Crippen molar-refractivity contribution in [3.8, 4) is 11.5 Å². The lowest BCUT2D eigenvalue weighted by atomic mass is 10.1. The first-order chi connectivity index (χ1) is 12.0. The third kappa shape index (κ3) is 5.50. The summed E-state index contributed by atoms with van der Waals surface area (Å²) in [7, 11) is 1.54. The molecule has 0 spiro atoms. The van der Waals surface area contributed by atoms with E-state index in [4.69, 9.17) is 21.1 Å². The number of ether oxygens (including phenoxy) is 2. The van der Waals surface area contributed by atoms with E-state index in [0.717, 1.165) is 0 Å². The van der Waals surface area contributed by atoms with E-state index in [1.807, 2.05) is 6.92 Å². The molecule has 0 radical (unpaired) electrons. The molecule has 0 heterocycles. The Morgan fingerprint density at radius 1 is 1.04 bits per heavy atom. The Morgan fingerprint density at radius 3 is 2.32 bits per heavy atom. The highest BCUT2D eigenvalue weighted by Crippen LogP contribution is 2.26. The highest BCUT2D eigenvalue weighted by Gasteiger charge is 2.11. The number of Topliss-reactive ketones (excluding diaryl/α,β-unsaturated/α-hetero) is 1. The molecule has 2 aromatic carbocycles. The zero-order chi connectivity index (χ0) is 18.2. The van der Waals surface area contributed by atoms with E-state index < -0.39 is 0 Å². The molecule has 0 saturated carbocycles. The second-order valence-electron chi connectivity index (χ2n) is 5.27.